The van der Waals surface area contributed by atoms with Gasteiger partial charge in [0.15, 0.2) is 0 Å². The zero-order chi connectivity index (χ0) is 16.7. The number of amides is 1. The first kappa shape index (κ1) is 19.2. The van der Waals surface area contributed by atoms with Crippen LogP contribution in [0, 0.1) is 7.14 Å². The average molecular weight is 529 g/mol. The van der Waals surface area contributed by atoms with E-state index in [0.717, 1.165) is 25.7 Å². The highest BCUT2D eigenvalue weighted by Crippen LogP contribution is 2.30. The number of rotatable bonds is 7. The fraction of sp³-hybridized carbons (Fsp3) is 0.333. The molecule has 0 spiro atoms. The molecular formula is C15H17I2NO4. The van der Waals surface area contributed by atoms with E-state index < -0.39 is 11.9 Å². The lowest BCUT2D eigenvalue weighted by atomic mass is 10.2. The van der Waals surface area contributed by atoms with Crippen LogP contribution in [0.4, 0.5) is 0 Å². The maximum Gasteiger partial charge on any atom is 0.352 e. The summed E-state index contributed by atoms with van der Waals surface area (Å²) in [5.74, 6) is -0.788. The third-order valence-corrected chi connectivity index (χ3v) is 4.22. The molecule has 2 N–H and O–H groups in total. The lowest BCUT2D eigenvalue weighted by Crippen LogP contribution is -2.24. The van der Waals surface area contributed by atoms with Gasteiger partial charge >= 0.3 is 5.97 Å². The van der Waals surface area contributed by atoms with Gasteiger partial charge in [0.05, 0.1) is 13.7 Å². The molecule has 120 valence electrons. The average Bonchev–Trinajstić information content (AvgIpc) is 2.40. The standard InChI is InChI=1S/C15H17I2NO4/c1-3-4-5-22-14-11(16)6-10(7-12(14)17)8-13(15(20)21)18-9(2)19/h6-8H,3-5H2,1-2H3,(H,18,19)(H,20,21). The molecule has 5 nitrogen and oxygen atoms in total. The monoisotopic (exact) mass is 529 g/mol. The van der Waals surface area contributed by atoms with Gasteiger partial charge in [0.25, 0.3) is 0 Å². The molecule has 22 heavy (non-hydrogen) atoms. The van der Waals surface area contributed by atoms with E-state index in [1.807, 2.05) is 12.1 Å². The molecule has 7 heteroatoms. The topological polar surface area (TPSA) is 75.6 Å². The summed E-state index contributed by atoms with van der Waals surface area (Å²) >= 11 is 4.32. The number of hydrogen-bond acceptors (Lipinski definition) is 3. The third-order valence-electron chi connectivity index (χ3n) is 2.62. The number of aliphatic carboxylic acids is 1. The SMILES string of the molecule is CCCCOc1c(I)cc(C=C(NC(C)=O)C(=O)O)cc1I. The number of unbranched alkanes of at least 4 members (excludes halogenated alkanes) is 1. The fourth-order valence-corrected chi connectivity index (χ4v) is 3.75. The fourth-order valence-electron chi connectivity index (χ4n) is 1.63. The van der Waals surface area contributed by atoms with Crippen LogP contribution in [0.1, 0.15) is 32.3 Å². The number of carboxylic acids is 1. The first-order valence-corrected chi connectivity index (χ1v) is 8.85. The van der Waals surface area contributed by atoms with Gasteiger partial charge in [0.1, 0.15) is 11.4 Å². The summed E-state index contributed by atoms with van der Waals surface area (Å²) < 4.78 is 7.56. The van der Waals surface area contributed by atoms with Crippen LogP contribution in [-0.4, -0.2) is 23.6 Å². The summed E-state index contributed by atoms with van der Waals surface area (Å²) in [5.41, 5.74) is 0.543. The van der Waals surface area contributed by atoms with Gasteiger partial charge in [-0.25, -0.2) is 4.79 Å². The number of benzene rings is 1. The van der Waals surface area contributed by atoms with Crippen LogP contribution in [0.25, 0.3) is 6.08 Å². The van der Waals surface area contributed by atoms with Crippen LogP contribution >= 0.6 is 45.2 Å². The van der Waals surface area contributed by atoms with E-state index in [1.165, 1.54) is 13.0 Å². The largest absolute Gasteiger partial charge is 0.491 e. The molecule has 1 rings (SSSR count). The van der Waals surface area contributed by atoms with Crippen LogP contribution in [0.3, 0.4) is 0 Å². The van der Waals surface area contributed by atoms with Crippen LogP contribution in [-0.2, 0) is 9.59 Å². The number of carbonyl (C=O) groups is 2. The predicted molar refractivity (Wildman–Crippen MR) is 102 cm³/mol. The second-order valence-corrected chi connectivity index (χ2v) is 6.88. The minimum absolute atomic E-state index is 0.154. The molecule has 0 radical (unpaired) electrons. The molecule has 1 aromatic carbocycles. The van der Waals surface area contributed by atoms with E-state index in [2.05, 4.69) is 57.4 Å². The number of hydrogen-bond donors (Lipinski definition) is 2. The minimum atomic E-state index is -1.18. The lowest BCUT2D eigenvalue weighted by molar-refractivity contribution is -0.134. The molecule has 0 heterocycles. The predicted octanol–water partition coefficient (Wildman–Crippen LogP) is 3.64. The van der Waals surface area contributed by atoms with Gasteiger partial charge in [0, 0.05) is 6.92 Å². The lowest BCUT2D eigenvalue weighted by Gasteiger charge is -2.11. The van der Waals surface area contributed by atoms with Gasteiger partial charge < -0.3 is 15.2 Å². The highest BCUT2D eigenvalue weighted by Gasteiger charge is 2.12. The van der Waals surface area contributed by atoms with Crippen molar-refractivity contribution >= 4 is 63.1 Å². The molecule has 0 aliphatic rings. The smallest absolute Gasteiger partial charge is 0.352 e. The highest BCUT2D eigenvalue weighted by atomic mass is 127. The van der Waals surface area contributed by atoms with Crippen LogP contribution < -0.4 is 10.1 Å². The quantitative estimate of drug-likeness (QED) is 0.322. The zero-order valence-corrected chi connectivity index (χ0v) is 16.6. The van der Waals surface area contributed by atoms with Crippen LogP contribution in [0.15, 0.2) is 17.8 Å². The van der Waals surface area contributed by atoms with Gasteiger partial charge in [-0.15, -0.1) is 0 Å². The van der Waals surface area contributed by atoms with Crippen molar-refractivity contribution in [2.24, 2.45) is 0 Å². The summed E-state index contributed by atoms with van der Waals surface area (Å²) in [6.07, 6.45) is 3.48. The molecule has 0 atom stereocenters. The van der Waals surface area contributed by atoms with E-state index in [0.29, 0.717) is 12.2 Å². The first-order chi connectivity index (χ1) is 10.3. The van der Waals surface area contributed by atoms with Gasteiger partial charge in [-0.05, 0) is 75.4 Å². The van der Waals surface area contributed by atoms with Crippen molar-refractivity contribution in [1.82, 2.24) is 5.32 Å². The third kappa shape index (κ3) is 6.11. The first-order valence-electron chi connectivity index (χ1n) is 6.69. The Kier molecular flexibility index (Phi) is 8.15. The highest BCUT2D eigenvalue weighted by molar-refractivity contribution is 14.1. The Hall–Kier alpha value is -0.840. The molecule has 0 saturated carbocycles. The van der Waals surface area contributed by atoms with Gasteiger partial charge in [-0.3, -0.25) is 4.79 Å². The van der Waals surface area contributed by atoms with Crippen molar-refractivity contribution in [3.63, 3.8) is 0 Å². The van der Waals surface area contributed by atoms with Gasteiger partial charge in [-0.2, -0.15) is 0 Å². The number of halogens is 2. The van der Waals surface area contributed by atoms with Crippen molar-refractivity contribution in [2.45, 2.75) is 26.7 Å². The second kappa shape index (κ2) is 9.33. The maximum atomic E-state index is 11.1. The van der Waals surface area contributed by atoms with Crippen molar-refractivity contribution < 1.29 is 19.4 Å². The summed E-state index contributed by atoms with van der Waals surface area (Å²) in [6.45, 7) is 4.03. The molecular weight excluding hydrogens is 512 g/mol. The number of carboxylic acid groups (broad SMARTS) is 1. The van der Waals surface area contributed by atoms with Crippen molar-refractivity contribution in [3.8, 4) is 5.75 Å². The van der Waals surface area contributed by atoms with E-state index in [1.54, 1.807) is 0 Å². The summed E-state index contributed by atoms with van der Waals surface area (Å²) in [5, 5.41) is 11.4. The van der Waals surface area contributed by atoms with E-state index in [4.69, 9.17) is 9.84 Å². The summed E-state index contributed by atoms with van der Waals surface area (Å²) in [4.78, 5) is 22.2. The molecule has 1 aromatic rings. The van der Waals surface area contributed by atoms with E-state index in [-0.39, 0.29) is 5.70 Å². The Morgan fingerprint density at radius 3 is 2.36 bits per heavy atom. The number of nitrogens with one attached hydrogen (secondary N) is 1. The number of carbonyl (C=O) groups excluding carboxylic acids is 1. The van der Waals surface area contributed by atoms with Crippen LogP contribution in [0.2, 0.25) is 0 Å². The molecule has 0 fully saturated rings. The second-order valence-electron chi connectivity index (χ2n) is 4.56. The Morgan fingerprint density at radius 1 is 1.32 bits per heavy atom. The molecule has 0 aliphatic heterocycles. The molecule has 1 amide bonds. The van der Waals surface area contributed by atoms with E-state index in [9.17, 15) is 9.59 Å². The van der Waals surface area contributed by atoms with E-state index >= 15 is 0 Å². The Bertz CT molecular complexity index is 576. The van der Waals surface area contributed by atoms with Crippen LogP contribution in [0.5, 0.6) is 5.75 Å². The zero-order valence-electron chi connectivity index (χ0n) is 12.3. The summed E-state index contributed by atoms with van der Waals surface area (Å²) in [6, 6.07) is 3.66. The van der Waals surface area contributed by atoms with Crippen molar-refractivity contribution in [2.75, 3.05) is 6.61 Å². The normalized spacial score (nSPS) is 11.2. The molecule has 0 aliphatic carbocycles. The molecule has 0 unspecified atom stereocenters. The Balaban J connectivity index is 3.06. The molecule has 0 bridgehead atoms. The van der Waals surface area contributed by atoms with Gasteiger partial charge in [0.2, 0.25) is 5.91 Å². The van der Waals surface area contributed by atoms with Crippen molar-refractivity contribution in [3.05, 3.63) is 30.5 Å². The minimum Gasteiger partial charge on any atom is -0.491 e. The maximum absolute atomic E-state index is 11.1. The Morgan fingerprint density at radius 2 is 1.91 bits per heavy atom. The van der Waals surface area contributed by atoms with Gasteiger partial charge in [-0.1, -0.05) is 13.3 Å². The summed E-state index contributed by atoms with van der Waals surface area (Å²) in [7, 11) is 0. The number of ether oxygens (including phenoxy) is 1. The molecule has 0 saturated heterocycles. The van der Waals surface area contributed by atoms with Crippen molar-refractivity contribution in [1.29, 1.82) is 0 Å². The molecule has 0 aromatic heterocycles. The Labute approximate surface area is 156 Å².